The van der Waals surface area contributed by atoms with Gasteiger partial charge < -0.3 is 15.2 Å². The maximum atomic E-state index is 12.0. The van der Waals surface area contributed by atoms with Crippen molar-refractivity contribution in [2.75, 3.05) is 12.4 Å². The average molecular weight is 423 g/mol. The zero-order valence-electron chi connectivity index (χ0n) is 14.4. The second kappa shape index (κ2) is 8.21. The molecule has 0 unspecified atom stereocenters. The van der Waals surface area contributed by atoms with E-state index in [1.54, 1.807) is 0 Å². The summed E-state index contributed by atoms with van der Waals surface area (Å²) >= 11 is 0. The molecule has 2 aromatic rings. The number of carboxylic acid groups (broad SMARTS) is 1. The number of hydrogen-bond acceptors (Lipinski definition) is 6. The van der Waals surface area contributed by atoms with Crippen LogP contribution < -0.4 is 5.32 Å². The number of amides is 1. The molecule has 148 valence electrons. The summed E-state index contributed by atoms with van der Waals surface area (Å²) in [5.74, 6) is -2.18. The van der Waals surface area contributed by atoms with E-state index in [4.69, 9.17) is 14.4 Å². The molecule has 1 atom stereocenters. The van der Waals surface area contributed by atoms with E-state index in [-0.39, 0.29) is 23.3 Å². The highest BCUT2D eigenvalue weighted by Crippen LogP contribution is 2.44. The zero-order valence-corrected chi connectivity index (χ0v) is 16.1. The van der Waals surface area contributed by atoms with Crippen molar-refractivity contribution >= 4 is 32.0 Å². The van der Waals surface area contributed by atoms with Crippen LogP contribution in [0.2, 0.25) is 0 Å². The number of fused-ring (bicyclic) bond motifs is 3. The Morgan fingerprint density at radius 1 is 1.07 bits per heavy atom. The lowest BCUT2D eigenvalue weighted by molar-refractivity contribution is -0.138. The van der Waals surface area contributed by atoms with Gasteiger partial charge in [0.2, 0.25) is 0 Å². The quantitative estimate of drug-likeness (QED) is 0.457. The van der Waals surface area contributed by atoms with E-state index in [1.807, 2.05) is 48.5 Å². The van der Waals surface area contributed by atoms with Gasteiger partial charge in [-0.1, -0.05) is 48.5 Å². The lowest BCUT2D eigenvalue weighted by Crippen LogP contribution is -2.43. The number of nitrogens with one attached hydrogen (secondary N) is 1. The molecular formula is C18H17NO7S2. The Morgan fingerprint density at radius 3 is 2.11 bits per heavy atom. The Hall–Kier alpha value is -2.56. The van der Waals surface area contributed by atoms with Gasteiger partial charge in [0, 0.05) is 11.7 Å². The minimum Gasteiger partial charge on any atom is -0.480 e. The van der Waals surface area contributed by atoms with Crippen LogP contribution in [0.25, 0.3) is 11.1 Å². The third kappa shape index (κ3) is 4.64. The molecule has 1 aliphatic carbocycles. The molecule has 2 aromatic carbocycles. The molecule has 8 nitrogen and oxygen atoms in total. The molecule has 0 spiro atoms. The van der Waals surface area contributed by atoms with Crippen LogP contribution in [0.1, 0.15) is 17.0 Å². The fraction of sp³-hybridized carbons (Fsp3) is 0.222. The van der Waals surface area contributed by atoms with Gasteiger partial charge in [-0.25, -0.2) is 9.59 Å². The largest absolute Gasteiger partial charge is 0.480 e. The Bertz CT molecular complexity index is 961. The number of aliphatic carboxylic acids is 1. The number of benzene rings is 2. The van der Waals surface area contributed by atoms with Crippen LogP contribution in [-0.4, -0.2) is 48.5 Å². The van der Waals surface area contributed by atoms with Crippen LogP contribution in [0.4, 0.5) is 4.79 Å². The predicted octanol–water partition coefficient (Wildman–Crippen LogP) is 2.51. The molecule has 0 aromatic heterocycles. The van der Waals surface area contributed by atoms with Gasteiger partial charge in [-0.05, 0) is 33.0 Å². The summed E-state index contributed by atoms with van der Waals surface area (Å²) in [6.07, 6.45) is -0.981. The highest BCUT2D eigenvalue weighted by atomic mass is 33.1. The maximum absolute atomic E-state index is 12.0. The summed E-state index contributed by atoms with van der Waals surface area (Å²) < 4.78 is 35.4. The van der Waals surface area contributed by atoms with E-state index in [0.29, 0.717) is 0 Å². The molecule has 1 aliphatic rings. The van der Waals surface area contributed by atoms with E-state index in [2.05, 4.69) is 5.32 Å². The van der Waals surface area contributed by atoms with Crippen LogP contribution in [0.3, 0.4) is 0 Å². The van der Waals surface area contributed by atoms with Crippen LogP contribution >= 0.6 is 10.8 Å². The Kier molecular flexibility index (Phi) is 5.92. The Labute approximate surface area is 165 Å². The zero-order chi connectivity index (χ0) is 20.3. The SMILES string of the molecule is O=C(N[C@H](CSS(=O)(=O)O)C(=O)O)OCC1c2ccccc2-c2ccccc21. The lowest BCUT2D eigenvalue weighted by Gasteiger charge is -2.17. The van der Waals surface area contributed by atoms with E-state index in [1.165, 1.54) is 0 Å². The highest BCUT2D eigenvalue weighted by Gasteiger charge is 2.30. The summed E-state index contributed by atoms with van der Waals surface area (Å²) in [6.45, 7) is -0.00234. The maximum Gasteiger partial charge on any atom is 0.407 e. The van der Waals surface area contributed by atoms with E-state index in [0.717, 1.165) is 22.3 Å². The van der Waals surface area contributed by atoms with Gasteiger partial charge in [0.25, 0.3) is 0 Å². The van der Waals surface area contributed by atoms with Crippen molar-refractivity contribution in [2.45, 2.75) is 12.0 Å². The molecule has 0 fully saturated rings. The first-order valence-electron chi connectivity index (χ1n) is 8.22. The minimum absolute atomic E-state index is 0.00234. The fourth-order valence-corrected chi connectivity index (χ4v) is 4.57. The van der Waals surface area contributed by atoms with Gasteiger partial charge in [-0.3, -0.25) is 4.55 Å². The normalized spacial score (nSPS) is 14.0. The van der Waals surface area contributed by atoms with Crippen LogP contribution in [0, 0.1) is 0 Å². The highest BCUT2D eigenvalue weighted by molar-refractivity contribution is 8.69. The smallest absolute Gasteiger partial charge is 0.407 e. The van der Waals surface area contributed by atoms with Gasteiger partial charge in [-0.2, -0.15) is 8.42 Å². The van der Waals surface area contributed by atoms with Gasteiger partial charge in [0.15, 0.2) is 0 Å². The van der Waals surface area contributed by atoms with E-state index in [9.17, 15) is 18.0 Å². The van der Waals surface area contributed by atoms with Crippen molar-refractivity contribution in [1.82, 2.24) is 5.32 Å². The van der Waals surface area contributed by atoms with Crippen LogP contribution in [0.15, 0.2) is 48.5 Å². The molecule has 28 heavy (non-hydrogen) atoms. The van der Waals surface area contributed by atoms with Crippen molar-refractivity contribution in [1.29, 1.82) is 0 Å². The molecule has 0 saturated carbocycles. The summed E-state index contributed by atoms with van der Waals surface area (Å²) in [5, 5.41) is 11.2. The Balaban J connectivity index is 1.66. The number of carbonyl (C=O) groups excluding carboxylic acids is 1. The number of ether oxygens (including phenoxy) is 1. The third-order valence-electron chi connectivity index (χ3n) is 4.32. The number of carbonyl (C=O) groups is 2. The van der Waals surface area contributed by atoms with Crippen molar-refractivity contribution < 1.29 is 32.4 Å². The summed E-state index contributed by atoms with van der Waals surface area (Å²) in [7, 11) is -4.41. The molecule has 0 saturated heterocycles. The second-order valence-electron chi connectivity index (χ2n) is 6.07. The number of carboxylic acids is 1. The Morgan fingerprint density at radius 2 is 1.61 bits per heavy atom. The minimum atomic E-state index is -4.42. The summed E-state index contributed by atoms with van der Waals surface area (Å²) in [5.41, 5.74) is 4.13. The third-order valence-corrected chi connectivity index (χ3v) is 6.39. The summed E-state index contributed by atoms with van der Waals surface area (Å²) in [4.78, 5) is 23.2. The first kappa shape index (κ1) is 20.2. The summed E-state index contributed by atoms with van der Waals surface area (Å²) in [6, 6.07) is 14.0. The molecule has 0 aliphatic heterocycles. The molecule has 1 amide bonds. The van der Waals surface area contributed by atoms with Crippen LogP contribution in [0.5, 0.6) is 0 Å². The van der Waals surface area contributed by atoms with E-state index < -0.39 is 33.0 Å². The molecule has 3 rings (SSSR count). The average Bonchev–Trinajstić information content (AvgIpc) is 2.96. The fourth-order valence-electron chi connectivity index (χ4n) is 3.11. The van der Waals surface area contributed by atoms with E-state index >= 15 is 0 Å². The number of rotatable bonds is 7. The predicted molar refractivity (Wildman–Crippen MR) is 104 cm³/mol. The van der Waals surface area contributed by atoms with Crippen molar-refractivity contribution in [3.05, 3.63) is 59.7 Å². The van der Waals surface area contributed by atoms with Crippen molar-refractivity contribution in [3.63, 3.8) is 0 Å². The van der Waals surface area contributed by atoms with Crippen LogP contribution in [-0.2, 0) is 18.7 Å². The molecular weight excluding hydrogens is 406 g/mol. The first-order valence-corrected chi connectivity index (χ1v) is 11.2. The van der Waals surface area contributed by atoms with Gasteiger partial charge in [0.05, 0.1) is 0 Å². The van der Waals surface area contributed by atoms with Gasteiger partial charge >= 0.3 is 21.2 Å². The number of alkyl carbamates (subject to hydrolysis) is 1. The first-order chi connectivity index (χ1) is 13.3. The topological polar surface area (TPSA) is 130 Å². The second-order valence-corrected chi connectivity index (χ2v) is 9.47. The monoisotopic (exact) mass is 423 g/mol. The standard InChI is InChI=1S/C18H17NO7S2/c20-17(21)16(10-27-28(23,24)25)19-18(22)26-9-15-13-7-3-1-5-11(13)12-6-2-4-8-14(12)15/h1-8,15-16H,9-10H2,(H,19,22)(H,20,21)(H,23,24,25)/t16-/m1/s1. The van der Waals surface area contributed by atoms with Gasteiger partial charge in [0.1, 0.15) is 12.6 Å². The van der Waals surface area contributed by atoms with Gasteiger partial charge in [-0.15, -0.1) is 0 Å². The number of hydrogen-bond donors (Lipinski definition) is 3. The molecule has 0 radical (unpaired) electrons. The molecule has 0 bridgehead atoms. The van der Waals surface area contributed by atoms with Crippen molar-refractivity contribution in [3.8, 4) is 11.1 Å². The molecule has 3 N–H and O–H groups in total. The molecule has 10 heteroatoms. The molecule has 0 heterocycles. The lowest BCUT2D eigenvalue weighted by atomic mass is 9.98. The van der Waals surface area contributed by atoms with Crippen molar-refractivity contribution in [2.24, 2.45) is 0 Å².